The molecule has 0 atom stereocenters. The third-order valence-corrected chi connectivity index (χ3v) is 11.2. The van der Waals surface area contributed by atoms with Crippen LogP contribution in [0, 0.1) is 0 Å². The van der Waals surface area contributed by atoms with E-state index in [0.29, 0.717) is 5.56 Å². The van der Waals surface area contributed by atoms with Gasteiger partial charge in [0.05, 0.1) is 22.1 Å². The van der Waals surface area contributed by atoms with Gasteiger partial charge in [-0.1, -0.05) is 132 Å². The number of carbonyl (C=O) groups is 1. The Morgan fingerprint density at radius 3 is 2.10 bits per heavy atom. The van der Waals surface area contributed by atoms with Crippen molar-refractivity contribution in [3.05, 3.63) is 179 Å². The number of nitrogens with zero attached hydrogens (tertiary/aromatic N) is 1. The van der Waals surface area contributed by atoms with Crippen LogP contribution < -0.4 is 16.4 Å². The van der Waals surface area contributed by atoms with Crippen LogP contribution in [0.4, 0.5) is 0 Å². The van der Waals surface area contributed by atoms with E-state index < -0.39 is 0 Å². The van der Waals surface area contributed by atoms with Crippen molar-refractivity contribution in [2.24, 2.45) is 0 Å². The fraction of sp³-hybridized carbons (Fsp3) is 0.0652. The van der Waals surface area contributed by atoms with Gasteiger partial charge in [0.15, 0.2) is 0 Å². The van der Waals surface area contributed by atoms with Crippen LogP contribution in [0.1, 0.15) is 38.2 Å². The Labute approximate surface area is 289 Å². The van der Waals surface area contributed by atoms with Gasteiger partial charge in [-0.05, 0) is 82.1 Å². The van der Waals surface area contributed by atoms with Gasteiger partial charge >= 0.3 is 5.97 Å². The standard InChI is InChI=1S/C46H30BNO2/c49-46(50-27-28-9-2-1-3-10-28)35-24-33-22-31-11-4-6-15-40(31)47-41-19-17-29(21-32(41)23-34(25-35)44(33)47)30-18-20-43-39(26-30)38-14-8-13-37-36-12-5-7-16-42(36)48(43)45(37)38/h1-21,24-26H,22-23,27H2. The van der Waals surface area contributed by atoms with E-state index in [1.54, 1.807) is 0 Å². The first-order valence-corrected chi connectivity index (χ1v) is 17.4. The van der Waals surface area contributed by atoms with Crippen LogP contribution in [0.3, 0.4) is 0 Å². The second-order valence-corrected chi connectivity index (χ2v) is 14.0. The van der Waals surface area contributed by atoms with E-state index in [1.165, 1.54) is 87.9 Å². The van der Waals surface area contributed by atoms with E-state index in [4.69, 9.17) is 4.74 Å². The number of aromatic nitrogens is 1. The number of carbonyl (C=O) groups excluding carboxylic acids is 1. The lowest BCUT2D eigenvalue weighted by atomic mass is 9.30. The summed E-state index contributed by atoms with van der Waals surface area (Å²) in [6.07, 6.45) is 1.60. The van der Waals surface area contributed by atoms with E-state index in [-0.39, 0.29) is 19.3 Å². The predicted octanol–water partition coefficient (Wildman–Crippen LogP) is 8.19. The molecule has 3 nitrogen and oxygen atoms in total. The molecule has 234 valence electrons. The maximum absolute atomic E-state index is 13.5. The minimum absolute atomic E-state index is 0.147. The number of para-hydroxylation sites is 2. The first-order valence-electron chi connectivity index (χ1n) is 17.4. The second-order valence-electron chi connectivity index (χ2n) is 14.0. The van der Waals surface area contributed by atoms with Gasteiger partial charge in [0.2, 0.25) is 6.71 Å². The lowest BCUT2D eigenvalue weighted by Gasteiger charge is -2.34. The maximum Gasteiger partial charge on any atom is 0.338 e. The first kappa shape index (κ1) is 27.8. The number of ether oxygens (including phenoxy) is 1. The summed E-state index contributed by atoms with van der Waals surface area (Å²) in [5.41, 5.74) is 17.0. The van der Waals surface area contributed by atoms with E-state index in [1.807, 2.05) is 30.3 Å². The molecule has 0 aliphatic carbocycles. The third-order valence-electron chi connectivity index (χ3n) is 11.2. The van der Waals surface area contributed by atoms with Gasteiger partial charge in [0.1, 0.15) is 6.61 Å². The number of benzene rings is 7. The molecule has 0 unspecified atom stereocenters. The highest BCUT2D eigenvalue weighted by molar-refractivity contribution is 6.97. The zero-order chi connectivity index (χ0) is 32.9. The van der Waals surface area contributed by atoms with Crippen molar-refractivity contribution in [2.45, 2.75) is 19.4 Å². The van der Waals surface area contributed by atoms with Crippen LogP contribution in [-0.2, 0) is 24.2 Å². The SMILES string of the molecule is O=C(OCc1ccccc1)c1cc2c3c(c1)Cc1cc(-c4ccc5c(c4)c4cccc6c7ccccc7n5c64)ccc1B3c1ccccc1C2. The van der Waals surface area contributed by atoms with Crippen molar-refractivity contribution in [1.82, 2.24) is 4.40 Å². The lowest BCUT2D eigenvalue weighted by molar-refractivity contribution is 0.0472. The molecule has 11 rings (SSSR count). The summed E-state index contributed by atoms with van der Waals surface area (Å²) in [6.45, 7) is 0.412. The van der Waals surface area contributed by atoms with Gasteiger partial charge in [0.25, 0.3) is 0 Å². The van der Waals surface area contributed by atoms with Gasteiger partial charge in [-0.25, -0.2) is 4.79 Å². The number of hydrogen-bond acceptors (Lipinski definition) is 2. The molecule has 0 fully saturated rings. The van der Waals surface area contributed by atoms with Crippen LogP contribution in [0.15, 0.2) is 146 Å². The van der Waals surface area contributed by atoms with Gasteiger partial charge in [-0.15, -0.1) is 0 Å². The molecule has 0 bridgehead atoms. The Bertz CT molecular complexity index is 2850. The average Bonchev–Trinajstić information content (AvgIpc) is 3.69. The van der Waals surface area contributed by atoms with Crippen molar-refractivity contribution >= 4 is 67.2 Å². The fourth-order valence-corrected chi connectivity index (χ4v) is 9.06. The Kier molecular flexibility index (Phi) is 5.80. The van der Waals surface area contributed by atoms with E-state index in [2.05, 4.69) is 120 Å². The molecule has 0 saturated heterocycles. The smallest absolute Gasteiger partial charge is 0.338 e. The molecule has 4 heteroatoms. The number of esters is 1. The molecular formula is C46H30BNO2. The van der Waals surface area contributed by atoms with E-state index >= 15 is 0 Å². The molecule has 0 amide bonds. The van der Waals surface area contributed by atoms with Crippen molar-refractivity contribution in [1.29, 1.82) is 0 Å². The molecule has 0 N–H and O–H groups in total. The van der Waals surface area contributed by atoms with Crippen LogP contribution in [0.2, 0.25) is 0 Å². The number of fused-ring (bicyclic) bond motifs is 10. The molecule has 4 heterocycles. The highest BCUT2D eigenvalue weighted by atomic mass is 16.5. The van der Waals surface area contributed by atoms with Crippen molar-refractivity contribution in [3.8, 4) is 11.1 Å². The Morgan fingerprint density at radius 2 is 1.22 bits per heavy atom. The molecule has 9 aromatic rings. The van der Waals surface area contributed by atoms with Crippen molar-refractivity contribution in [2.75, 3.05) is 0 Å². The molecular weight excluding hydrogens is 609 g/mol. The first-order chi connectivity index (χ1) is 24.7. The fourth-order valence-electron chi connectivity index (χ4n) is 9.06. The summed E-state index contributed by atoms with van der Waals surface area (Å²) >= 11 is 0. The molecule has 0 spiro atoms. The largest absolute Gasteiger partial charge is 0.457 e. The van der Waals surface area contributed by atoms with Gasteiger partial charge in [-0.2, -0.15) is 0 Å². The van der Waals surface area contributed by atoms with Gasteiger partial charge < -0.3 is 9.14 Å². The lowest BCUT2D eigenvalue weighted by Crippen LogP contribution is -2.61. The third kappa shape index (κ3) is 3.96. The van der Waals surface area contributed by atoms with Crippen LogP contribution in [-0.4, -0.2) is 17.1 Å². The maximum atomic E-state index is 13.5. The minimum atomic E-state index is -0.269. The molecule has 2 aliphatic rings. The van der Waals surface area contributed by atoms with Crippen LogP contribution in [0.25, 0.3) is 49.2 Å². The highest BCUT2D eigenvalue weighted by Gasteiger charge is 2.37. The molecule has 0 radical (unpaired) electrons. The summed E-state index contributed by atoms with van der Waals surface area (Å²) in [5.74, 6) is -0.269. The zero-order valence-electron chi connectivity index (χ0n) is 27.3. The normalized spacial score (nSPS) is 13.2. The molecule has 2 aliphatic heterocycles. The summed E-state index contributed by atoms with van der Waals surface area (Å²) in [4.78, 5) is 13.5. The van der Waals surface area contributed by atoms with E-state index in [9.17, 15) is 4.79 Å². The molecule has 0 saturated carbocycles. The monoisotopic (exact) mass is 639 g/mol. The molecule has 50 heavy (non-hydrogen) atoms. The van der Waals surface area contributed by atoms with Gasteiger partial charge in [-0.3, -0.25) is 0 Å². The topological polar surface area (TPSA) is 30.7 Å². The quantitative estimate of drug-likeness (QED) is 0.144. The highest BCUT2D eigenvalue weighted by Crippen LogP contribution is 2.40. The Hall–Kier alpha value is -6.13. The summed E-state index contributed by atoms with van der Waals surface area (Å²) < 4.78 is 8.26. The minimum Gasteiger partial charge on any atom is -0.457 e. The Morgan fingerprint density at radius 1 is 0.560 bits per heavy atom. The van der Waals surface area contributed by atoms with Crippen molar-refractivity contribution < 1.29 is 9.53 Å². The summed E-state index contributed by atoms with van der Waals surface area (Å²) in [5, 5.41) is 5.18. The van der Waals surface area contributed by atoms with Crippen LogP contribution in [0.5, 0.6) is 0 Å². The molecule has 2 aromatic heterocycles. The van der Waals surface area contributed by atoms with Crippen molar-refractivity contribution in [3.63, 3.8) is 0 Å². The second kappa shape index (κ2) is 10.4. The van der Waals surface area contributed by atoms with E-state index in [0.717, 1.165) is 18.4 Å². The number of rotatable bonds is 4. The average molecular weight is 640 g/mol. The number of hydrogen-bond donors (Lipinski definition) is 0. The predicted molar refractivity (Wildman–Crippen MR) is 205 cm³/mol. The van der Waals surface area contributed by atoms with Crippen LogP contribution >= 0.6 is 0 Å². The van der Waals surface area contributed by atoms with Gasteiger partial charge in [0, 0.05) is 21.5 Å². The Balaban J connectivity index is 1.03. The summed E-state index contributed by atoms with van der Waals surface area (Å²) in [7, 11) is 0. The summed E-state index contributed by atoms with van der Waals surface area (Å²) in [6, 6.07) is 52.3. The zero-order valence-corrected chi connectivity index (χ0v) is 27.3. The molecule has 7 aromatic carbocycles.